The molecule has 0 bridgehead atoms. The average molecular weight is 177 g/mol. The van der Waals surface area contributed by atoms with Crippen LogP contribution in [0.1, 0.15) is 5.56 Å². The number of carbonyl (C=O) groups is 1. The molecule has 0 fully saturated rings. The number of hydrogen-bond donors (Lipinski definition) is 1. The van der Waals surface area contributed by atoms with E-state index < -0.39 is 0 Å². The molecule has 1 aromatic carbocycles. The Morgan fingerprint density at radius 2 is 2.31 bits per heavy atom. The van der Waals surface area contributed by atoms with Crippen molar-refractivity contribution >= 4 is 12.0 Å². The number of allylic oxidation sites excluding steroid dienone is 2. The van der Waals surface area contributed by atoms with Gasteiger partial charge in [0.2, 0.25) is 0 Å². The lowest BCUT2D eigenvalue weighted by molar-refractivity contribution is -0.104. The van der Waals surface area contributed by atoms with Crippen molar-refractivity contribution in [2.45, 2.75) is 6.42 Å². The van der Waals surface area contributed by atoms with Crippen LogP contribution in [0.4, 0.5) is 10.1 Å². The lowest BCUT2D eigenvalue weighted by atomic mass is 10.1. The number of nitrogens with one attached hydrogen (secondary N) is 1. The highest BCUT2D eigenvalue weighted by atomic mass is 19.1. The molecular weight excluding hydrogens is 169 g/mol. The fourth-order valence-electron chi connectivity index (χ4n) is 1.36. The second-order valence-electron chi connectivity index (χ2n) is 2.91. The molecular formula is C10H8FNO. The molecule has 2 nitrogen and oxygen atoms in total. The van der Waals surface area contributed by atoms with Crippen molar-refractivity contribution in [1.29, 1.82) is 0 Å². The standard InChI is InChI=1S/C10H8FNO/c11-8-2-4-10-7(5-8)1-3-9(6-13)12-10/h2-6,12H,1H2. The average Bonchev–Trinajstić information content (AvgIpc) is 2.17. The molecule has 0 atom stereocenters. The van der Waals surface area contributed by atoms with Crippen LogP contribution in [0.3, 0.4) is 0 Å². The Bertz CT molecular complexity index is 385. The Kier molecular flexibility index (Phi) is 1.85. The third kappa shape index (κ3) is 1.45. The van der Waals surface area contributed by atoms with E-state index in [1.54, 1.807) is 12.1 Å². The molecule has 3 heteroatoms. The van der Waals surface area contributed by atoms with Crippen LogP contribution in [0.5, 0.6) is 0 Å². The van der Waals surface area contributed by atoms with Gasteiger partial charge in [-0.2, -0.15) is 0 Å². The van der Waals surface area contributed by atoms with Crippen LogP contribution in [-0.4, -0.2) is 6.29 Å². The number of benzene rings is 1. The molecule has 0 aliphatic carbocycles. The van der Waals surface area contributed by atoms with Crippen LogP contribution >= 0.6 is 0 Å². The molecule has 2 rings (SSSR count). The molecule has 66 valence electrons. The molecule has 0 unspecified atom stereocenters. The summed E-state index contributed by atoms with van der Waals surface area (Å²) < 4.78 is 12.8. The summed E-state index contributed by atoms with van der Waals surface area (Å²) in [5, 5.41) is 2.90. The first-order valence-electron chi connectivity index (χ1n) is 4.00. The largest absolute Gasteiger partial charge is 0.353 e. The maximum absolute atomic E-state index is 12.8. The summed E-state index contributed by atoms with van der Waals surface area (Å²) >= 11 is 0. The predicted octanol–water partition coefficient (Wildman–Crippen LogP) is 1.88. The van der Waals surface area contributed by atoms with Gasteiger partial charge in [0.05, 0.1) is 5.70 Å². The minimum Gasteiger partial charge on any atom is -0.353 e. The Morgan fingerprint density at radius 1 is 1.46 bits per heavy atom. The van der Waals surface area contributed by atoms with Gasteiger partial charge in [-0.1, -0.05) is 6.08 Å². The highest BCUT2D eigenvalue weighted by Gasteiger charge is 2.09. The number of anilines is 1. The number of rotatable bonds is 1. The Hall–Kier alpha value is -1.64. The van der Waals surface area contributed by atoms with E-state index in [0.717, 1.165) is 17.5 Å². The van der Waals surface area contributed by atoms with Crippen molar-refractivity contribution in [2.24, 2.45) is 0 Å². The number of carbonyl (C=O) groups excluding carboxylic acids is 1. The molecule has 0 radical (unpaired) electrons. The molecule has 0 spiro atoms. The van der Waals surface area contributed by atoms with Gasteiger partial charge >= 0.3 is 0 Å². The van der Waals surface area contributed by atoms with Gasteiger partial charge in [-0.15, -0.1) is 0 Å². The van der Waals surface area contributed by atoms with E-state index in [1.807, 2.05) is 0 Å². The summed E-state index contributed by atoms with van der Waals surface area (Å²) in [6, 6.07) is 4.49. The summed E-state index contributed by atoms with van der Waals surface area (Å²) in [4.78, 5) is 10.4. The summed E-state index contributed by atoms with van der Waals surface area (Å²) in [7, 11) is 0. The molecule has 1 heterocycles. The summed E-state index contributed by atoms with van der Waals surface area (Å²) in [5.41, 5.74) is 2.23. The van der Waals surface area contributed by atoms with Gasteiger partial charge in [0, 0.05) is 5.69 Å². The zero-order chi connectivity index (χ0) is 9.26. The lowest BCUT2D eigenvalue weighted by Gasteiger charge is -2.15. The minimum absolute atomic E-state index is 0.247. The van der Waals surface area contributed by atoms with E-state index in [-0.39, 0.29) is 5.82 Å². The number of halogens is 1. The summed E-state index contributed by atoms with van der Waals surface area (Å²) in [6.45, 7) is 0. The van der Waals surface area contributed by atoms with Crippen molar-refractivity contribution in [1.82, 2.24) is 0 Å². The fourth-order valence-corrected chi connectivity index (χ4v) is 1.36. The Labute approximate surface area is 75.1 Å². The first kappa shape index (κ1) is 7.98. The molecule has 0 saturated carbocycles. The fraction of sp³-hybridized carbons (Fsp3) is 0.100. The van der Waals surface area contributed by atoms with Crippen LogP contribution in [-0.2, 0) is 11.2 Å². The molecule has 0 amide bonds. The van der Waals surface area contributed by atoms with Crippen molar-refractivity contribution in [3.05, 3.63) is 41.4 Å². The van der Waals surface area contributed by atoms with Gasteiger partial charge in [0.1, 0.15) is 5.82 Å². The highest BCUT2D eigenvalue weighted by Crippen LogP contribution is 2.23. The van der Waals surface area contributed by atoms with Crippen LogP contribution in [0.2, 0.25) is 0 Å². The van der Waals surface area contributed by atoms with E-state index in [1.165, 1.54) is 12.1 Å². The van der Waals surface area contributed by atoms with Gasteiger partial charge in [-0.3, -0.25) is 4.79 Å². The molecule has 0 saturated heterocycles. The quantitative estimate of drug-likeness (QED) is 0.663. The maximum Gasteiger partial charge on any atom is 0.165 e. The van der Waals surface area contributed by atoms with E-state index in [0.29, 0.717) is 12.1 Å². The number of aldehydes is 1. The van der Waals surface area contributed by atoms with Crippen molar-refractivity contribution in [3.63, 3.8) is 0 Å². The van der Waals surface area contributed by atoms with E-state index in [2.05, 4.69) is 5.32 Å². The first-order valence-corrected chi connectivity index (χ1v) is 4.00. The second-order valence-corrected chi connectivity index (χ2v) is 2.91. The molecule has 1 N–H and O–H groups in total. The van der Waals surface area contributed by atoms with Gasteiger partial charge in [0.15, 0.2) is 6.29 Å². The third-order valence-electron chi connectivity index (χ3n) is 2.02. The zero-order valence-corrected chi connectivity index (χ0v) is 6.88. The van der Waals surface area contributed by atoms with Crippen molar-refractivity contribution in [3.8, 4) is 0 Å². The molecule has 13 heavy (non-hydrogen) atoms. The topological polar surface area (TPSA) is 29.1 Å². The predicted molar refractivity (Wildman–Crippen MR) is 47.9 cm³/mol. The van der Waals surface area contributed by atoms with Crippen LogP contribution < -0.4 is 5.32 Å². The molecule has 0 aromatic heterocycles. The van der Waals surface area contributed by atoms with Crippen LogP contribution in [0.25, 0.3) is 0 Å². The Balaban J connectivity index is 2.38. The van der Waals surface area contributed by atoms with Gasteiger partial charge in [-0.25, -0.2) is 4.39 Å². The lowest BCUT2D eigenvalue weighted by Crippen LogP contribution is -2.08. The monoisotopic (exact) mass is 177 g/mol. The number of fused-ring (bicyclic) bond motifs is 1. The highest BCUT2D eigenvalue weighted by molar-refractivity contribution is 5.81. The third-order valence-corrected chi connectivity index (χ3v) is 2.02. The summed E-state index contributed by atoms with van der Waals surface area (Å²) in [5.74, 6) is -0.247. The zero-order valence-electron chi connectivity index (χ0n) is 6.88. The normalized spacial score (nSPS) is 14.1. The maximum atomic E-state index is 12.8. The van der Waals surface area contributed by atoms with Crippen molar-refractivity contribution < 1.29 is 9.18 Å². The van der Waals surface area contributed by atoms with E-state index >= 15 is 0 Å². The molecule has 1 aromatic rings. The van der Waals surface area contributed by atoms with E-state index in [4.69, 9.17) is 0 Å². The Morgan fingerprint density at radius 3 is 3.08 bits per heavy atom. The van der Waals surface area contributed by atoms with Gasteiger partial charge in [-0.05, 0) is 30.2 Å². The van der Waals surface area contributed by atoms with Crippen LogP contribution in [0, 0.1) is 5.82 Å². The molecule has 1 aliphatic heterocycles. The summed E-state index contributed by atoms with van der Waals surface area (Å²) in [6.07, 6.45) is 3.11. The van der Waals surface area contributed by atoms with Gasteiger partial charge in [0.25, 0.3) is 0 Å². The number of hydrogen-bond acceptors (Lipinski definition) is 2. The molecule has 1 aliphatic rings. The van der Waals surface area contributed by atoms with E-state index in [9.17, 15) is 9.18 Å². The van der Waals surface area contributed by atoms with Crippen LogP contribution in [0.15, 0.2) is 30.0 Å². The minimum atomic E-state index is -0.247. The van der Waals surface area contributed by atoms with Crippen molar-refractivity contribution in [2.75, 3.05) is 5.32 Å². The SMILES string of the molecule is O=CC1=CCc2cc(F)ccc2N1. The first-order chi connectivity index (χ1) is 6.29. The van der Waals surface area contributed by atoms with Gasteiger partial charge < -0.3 is 5.32 Å². The smallest absolute Gasteiger partial charge is 0.165 e. The second kappa shape index (κ2) is 3.01.